The van der Waals surface area contributed by atoms with Gasteiger partial charge in [-0.3, -0.25) is 10.1 Å². The number of hydrogen-bond acceptors (Lipinski definition) is 7. The lowest BCUT2D eigenvalue weighted by Gasteiger charge is -2.10. The van der Waals surface area contributed by atoms with E-state index >= 15 is 0 Å². The Morgan fingerprint density at radius 3 is 2.89 bits per heavy atom. The average Bonchev–Trinajstić information content (AvgIpc) is 2.86. The van der Waals surface area contributed by atoms with Crippen LogP contribution in [0.25, 0.3) is 0 Å². The fraction of sp³-hybridized carbons (Fsp3) is 0.364. The molecule has 1 aliphatic heterocycles. The Hall–Kier alpha value is -2.51. The van der Waals surface area contributed by atoms with E-state index in [1.165, 1.54) is 26.2 Å². The summed E-state index contributed by atoms with van der Waals surface area (Å²) in [4.78, 5) is 10.2. The second kappa shape index (κ2) is 5.01. The number of ether oxygens (including phenoxy) is 3. The zero-order valence-electron chi connectivity index (χ0n) is 10.3. The second-order valence-electron chi connectivity index (χ2n) is 3.86. The fourth-order valence-corrected chi connectivity index (χ4v) is 1.76. The minimum atomic E-state index is -1.16. The lowest BCUT2D eigenvalue weighted by Crippen LogP contribution is -2.27. The third-order valence-electron chi connectivity index (χ3n) is 2.77. The molecule has 1 atom stereocenters. The number of benzene rings is 1. The molecular weight excluding hydrogens is 256 g/mol. The first-order chi connectivity index (χ1) is 9.08. The average molecular weight is 268 g/mol. The van der Waals surface area contributed by atoms with E-state index in [4.69, 9.17) is 19.4 Å². The zero-order valence-corrected chi connectivity index (χ0v) is 10.3. The van der Waals surface area contributed by atoms with Crippen LogP contribution in [0.5, 0.6) is 17.2 Å². The highest BCUT2D eigenvalue weighted by Gasteiger charge is 2.28. The second-order valence-corrected chi connectivity index (χ2v) is 3.86. The minimum absolute atomic E-state index is 0.0472. The van der Waals surface area contributed by atoms with Gasteiger partial charge in [-0.2, -0.15) is 0 Å². The molecule has 0 aliphatic carbocycles. The van der Waals surface area contributed by atoms with Gasteiger partial charge in [-0.05, 0) is 12.1 Å². The van der Waals surface area contributed by atoms with Gasteiger partial charge in [0.05, 0.1) is 7.11 Å². The number of methoxy groups -OCH3 is 1. The molecule has 0 aromatic heterocycles. The predicted octanol–water partition coefficient (Wildman–Crippen LogP) is 1.27. The van der Waals surface area contributed by atoms with Gasteiger partial charge in [-0.15, -0.1) is 0 Å². The molecule has 0 radical (unpaired) electrons. The number of nitro groups is 1. The zero-order chi connectivity index (χ0) is 14.0. The molecule has 19 heavy (non-hydrogen) atoms. The molecule has 0 unspecified atom stereocenters. The summed E-state index contributed by atoms with van der Waals surface area (Å²) >= 11 is 0. The summed E-state index contributed by atoms with van der Waals surface area (Å²) in [6.07, 6.45) is 0. The van der Waals surface area contributed by atoms with E-state index < -0.39 is 11.0 Å². The monoisotopic (exact) mass is 268 g/mol. The van der Waals surface area contributed by atoms with Crippen molar-refractivity contribution in [3.63, 3.8) is 0 Å². The lowest BCUT2D eigenvalue weighted by atomic mass is 10.0. The van der Waals surface area contributed by atoms with E-state index in [0.717, 1.165) is 0 Å². The van der Waals surface area contributed by atoms with E-state index in [2.05, 4.69) is 5.16 Å². The van der Waals surface area contributed by atoms with Gasteiger partial charge in [0.1, 0.15) is 0 Å². The normalized spacial score (nSPS) is 15.2. The van der Waals surface area contributed by atoms with Crippen molar-refractivity contribution in [2.75, 3.05) is 13.9 Å². The van der Waals surface area contributed by atoms with Gasteiger partial charge in [0.2, 0.25) is 12.5 Å². The van der Waals surface area contributed by atoms with Crippen LogP contribution in [0.15, 0.2) is 17.3 Å². The summed E-state index contributed by atoms with van der Waals surface area (Å²) in [6, 6.07) is 1.86. The van der Waals surface area contributed by atoms with Crippen molar-refractivity contribution in [2.45, 2.75) is 13.0 Å². The molecule has 0 amide bonds. The smallest absolute Gasteiger partial charge is 0.255 e. The van der Waals surface area contributed by atoms with Gasteiger partial charge < -0.3 is 19.4 Å². The molecule has 1 heterocycles. The van der Waals surface area contributed by atoms with Crippen molar-refractivity contribution in [1.29, 1.82) is 0 Å². The minimum Gasteiger partial charge on any atom is -0.493 e. The van der Waals surface area contributed by atoms with Gasteiger partial charge in [0.25, 0.3) is 6.04 Å². The third kappa shape index (κ3) is 2.24. The van der Waals surface area contributed by atoms with Gasteiger partial charge in [0.15, 0.2) is 17.2 Å². The van der Waals surface area contributed by atoms with Crippen LogP contribution in [0.1, 0.15) is 12.5 Å². The summed E-state index contributed by atoms with van der Waals surface area (Å²) in [5.74, 6) is 1.19. The first kappa shape index (κ1) is 12.9. The number of oxime groups is 1. The Kier molecular flexibility index (Phi) is 3.41. The molecule has 0 bridgehead atoms. The number of hydrogen-bond donors (Lipinski definition) is 1. The van der Waals surface area contributed by atoms with Crippen LogP contribution in [-0.4, -0.2) is 35.8 Å². The molecule has 0 saturated carbocycles. The molecular formula is C11H12N2O6. The first-order valence-corrected chi connectivity index (χ1v) is 5.42. The largest absolute Gasteiger partial charge is 0.493 e. The van der Waals surface area contributed by atoms with Gasteiger partial charge in [0, 0.05) is 17.4 Å². The van der Waals surface area contributed by atoms with Crippen LogP contribution in [-0.2, 0) is 0 Å². The molecule has 1 aromatic rings. The number of fused-ring (bicyclic) bond motifs is 1. The summed E-state index contributed by atoms with van der Waals surface area (Å²) < 4.78 is 15.5. The van der Waals surface area contributed by atoms with E-state index in [9.17, 15) is 10.1 Å². The Labute approximate surface area is 108 Å². The standard InChI is InChI=1S/C11H12N2O6/c1-6(13(15)16)10(12-14)7-3-8(17-2)11-9(4-7)18-5-19-11/h3-4,6,14H,5H2,1-2H3/b12-10+/t6-/m1/s1. The molecule has 0 saturated heterocycles. The van der Waals surface area contributed by atoms with Crippen LogP contribution in [0.2, 0.25) is 0 Å². The van der Waals surface area contributed by atoms with Gasteiger partial charge in [-0.25, -0.2) is 0 Å². The SMILES string of the molecule is COc1cc(/C(=N/O)[C@@H](C)[N+](=O)[O-])cc2c1OCO2. The van der Waals surface area contributed by atoms with Crippen LogP contribution in [0.3, 0.4) is 0 Å². The highest BCUT2D eigenvalue weighted by atomic mass is 16.7. The maximum absolute atomic E-state index is 10.8. The highest BCUT2D eigenvalue weighted by Crippen LogP contribution is 2.42. The molecule has 1 N–H and O–H groups in total. The van der Waals surface area contributed by atoms with Crippen LogP contribution >= 0.6 is 0 Å². The molecule has 8 nitrogen and oxygen atoms in total. The van der Waals surface area contributed by atoms with E-state index in [-0.39, 0.29) is 12.5 Å². The van der Waals surface area contributed by atoms with Crippen LogP contribution in [0.4, 0.5) is 0 Å². The topological polar surface area (TPSA) is 103 Å². The van der Waals surface area contributed by atoms with Crippen molar-refractivity contribution in [3.8, 4) is 17.2 Å². The molecule has 102 valence electrons. The van der Waals surface area contributed by atoms with Crippen molar-refractivity contribution >= 4 is 5.71 Å². The van der Waals surface area contributed by atoms with Crippen molar-refractivity contribution < 1.29 is 24.3 Å². The lowest BCUT2D eigenvalue weighted by molar-refractivity contribution is -0.498. The molecule has 1 aromatic carbocycles. The van der Waals surface area contributed by atoms with E-state index in [0.29, 0.717) is 22.8 Å². The summed E-state index contributed by atoms with van der Waals surface area (Å²) in [7, 11) is 1.44. The molecule has 2 rings (SSSR count). The maximum Gasteiger partial charge on any atom is 0.255 e. The van der Waals surface area contributed by atoms with E-state index in [1.807, 2.05) is 0 Å². The Bertz CT molecular complexity index is 542. The van der Waals surface area contributed by atoms with Crippen molar-refractivity contribution in [3.05, 3.63) is 27.8 Å². The van der Waals surface area contributed by atoms with Crippen LogP contribution < -0.4 is 14.2 Å². The maximum atomic E-state index is 10.8. The third-order valence-corrected chi connectivity index (χ3v) is 2.77. The van der Waals surface area contributed by atoms with Gasteiger partial charge >= 0.3 is 0 Å². The molecule has 8 heteroatoms. The number of nitrogens with zero attached hydrogens (tertiary/aromatic N) is 2. The van der Waals surface area contributed by atoms with E-state index in [1.54, 1.807) is 0 Å². The summed E-state index contributed by atoms with van der Waals surface area (Å²) in [5.41, 5.74) is 0.259. The Balaban J connectivity index is 2.48. The predicted molar refractivity (Wildman–Crippen MR) is 63.9 cm³/mol. The van der Waals surface area contributed by atoms with Crippen molar-refractivity contribution in [1.82, 2.24) is 0 Å². The summed E-state index contributed by atoms with van der Waals surface area (Å²) in [5, 5.41) is 22.8. The molecule has 1 aliphatic rings. The van der Waals surface area contributed by atoms with Gasteiger partial charge in [-0.1, -0.05) is 5.16 Å². The summed E-state index contributed by atoms with van der Waals surface area (Å²) in [6.45, 7) is 1.37. The number of rotatable bonds is 4. The fourth-order valence-electron chi connectivity index (χ4n) is 1.76. The quantitative estimate of drug-likeness (QED) is 0.381. The molecule has 0 fully saturated rings. The molecule has 0 spiro atoms. The van der Waals surface area contributed by atoms with Crippen molar-refractivity contribution in [2.24, 2.45) is 5.16 Å². The van der Waals surface area contributed by atoms with Crippen LogP contribution in [0, 0.1) is 10.1 Å². The highest BCUT2D eigenvalue weighted by molar-refractivity contribution is 6.04. The first-order valence-electron chi connectivity index (χ1n) is 5.42. The Morgan fingerprint density at radius 2 is 2.32 bits per heavy atom. The Morgan fingerprint density at radius 1 is 1.58 bits per heavy atom.